The maximum Gasteiger partial charge on any atom is 0.126 e. The zero-order valence-corrected chi connectivity index (χ0v) is 21.3. The lowest BCUT2D eigenvalue weighted by Crippen LogP contribution is -2.50. The highest BCUT2D eigenvalue weighted by molar-refractivity contribution is 5.80. The molecule has 38 heavy (non-hydrogen) atoms. The van der Waals surface area contributed by atoms with Crippen LogP contribution in [-0.4, -0.2) is 52.0 Å². The normalized spacial score (nSPS) is 23.3. The van der Waals surface area contributed by atoms with Gasteiger partial charge in [-0.05, 0) is 35.9 Å². The van der Waals surface area contributed by atoms with Gasteiger partial charge in [0.05, 0.1) is 45.3 Å². The van der Waals surface area contributed by atoms with Crippen molar-refractivity contribution in [1.29, 1.82) is 0 Å². The number of benzene rings is 3. The number of fused-ring (bicyclic) bond motifs is 13. The van der Waals surface area contributed by atoms with Gasteiger partial charge in [-0.15, -0.1) is 0 Å². The van der Waals surface area contributed by atoms with Crippen molar-refractivity contribution in [3.63, 3.8) is 0 Å². The Labute approximate surface area is 221 Å². The highest BCUT2D eigenvalue weighted by Crippen LogP contribution is 2.49. The van der Waals surface area contributed by atoms with Gasteiger partial charge in [0.15, 0.2) is 0 Å². The number of epoxide rings is 2. The second kappa shape index (κ2) is 7.94. The molecule has 2 unspecified atom stereocenters. The van der Waals surface area contributed by atoms with E-state index in [2.05, 4.69) is 68.1 Å². The van der Waals surface area contributed by atoms with Gasteiger partial charge in [-0.25, -0.2) is 0 Å². The Balaban J connectivity index is 1.06. The third kappa shape index (κ3) is 3.36. The van der Waals surface area contributed by atoms with Crippen LogP contribution < -0.4 is 29.1 Å². The summed E-state index contributed by atoms with van der Waals surface area (Å²) in [5.74, 6) is 1.98. The van der Waals surface area contributed by atoms with Crippen molar-refractivity contribution in [2.24, 2.45) is 0 Å². The maximum atomic E-state index is 6.23. The number of hydrogen-bond acceptors (Lipinski definition) is 8. The van der Waals surface area contributed by atoms with Crippen LogP contribution in [0.15, 0.2) is 48.5 Å². The van der Waals surface area contributed by atoms with Gasteiger partial charge in [-0.1, -0.05) is 18.2 Å². The molecule has 0 saturated carbocycles. The molecule has 2 fully saturated rings. The molecule has 6 aliphatic heterocycles. The van der Waals surface area contributed by atoms with Gasteiger partial charge in [0.1, 0.15) is 36.9 Å². The molecular formula is C30H30N4O4. The fourth-order valence-electron chi connectivity index (χ4n) is 6.65. The molecule has 4 bridgehead atoms. The van der Waals surface area contributed by atoms with Gasteiger partial charge < -0.3 is 38.5 Å². The van der Waals surface area contributed by atoms with E-state index in [1.807, 2.05) is 0 Å². The van der Waals surface area contributed by atoms with Crippen molar-refractivity contribution in [3.8, 4) is 11.5 Å². The first-order valence-corrected chi connectivity index (χ1v) is 13.7. The van der Waals surface area contributed by atoms with Crippen LogP contribution in [0.4, 0.5) is 22.7 Å². The van der Waals surface area contributed by atoms with Crippen molar-refractivity contribution >= 4 is 22.7 Å². The number of hydrogen-bond donors (Lipinski definition) is 0. The Hall–Kier alpha value is -3.62. The number of ether oxygens (including phenoxy) is 4. The first-order valence-electron chi connectivity index (χ1n) is 13.7. The van der Waals surface area contributed by atoms with Crippen molar-refractivity contribution in [2.75, 3.05) is 59.4 Å². The van der Waals surface area contributed by atoms with E-state index in [9.17, 15) is 0 Å². The first kappa shape index (κ1) is 21.3. The summed E-state index contributed by atoms with van der Waals surface area (Å²) in [4.78, 5) is 10.1. The molecular weight excluding hydrogens is 480 g/mol. The first-order chi connectivity index (χ1) is 18.8. The van der Waals surface area contributed by atoms with Crippen LogP contribution in [0.3, 0.4) is 0 Å². The number of rotatable bonds is 6. The number of anilines is 4. The number of nitrogens with zero attached hydrogens (tertiary/aromatic N) is 4. The standard InChI is InChI=1S/C30H30N4O4/c1-3-25-23(29(6-1)38-16-21-14-36-21)11-34-18-31(25)9-19-7-8-27-24(30(19)34)12-33-17-32(27)10-22-26(33)4-2-5-28(22)37-15-20-13-35-20/h1-8,20-21H,9-18H2. The van der Waals surface area contributed by atoms with Crippen LogP contribution >= 0.6 is 0 Å². The van der Waals surface area contributed by atoms with Crippen molar-refractivity contribution in [3.05, 3.63) is 70.8 Å². The summed E-state index contributed by atoms with van der Waals surface area (Å²) in [6, 6.07) is 17.6. The summed E-state index contributed by atoms with van der Waals surface area (Å²) in [7, 11) is 0. The van der Waals surface area contributed by atoms with Crippen LogP contribution in [0.2, 0.25) is 0 Å². The third-order valence-corrected chi connectivity index (χ3v) is 8.64. The topological polar surface area (TPSA) is 56.5 Å². The predicted molar refractivity (Wildman–Crippen MR) is 144 cm³/mol. The van der Waals surface area contributed by atoms with Crippen molar-refractivity contribution < 1.29 is 18.9 Å². The molecule has 2 atom stereocenters. The van der Waals surface area contributed by atoms with Gasteiger partial charge in [0.2, 0.25) is 0 Å². The van der Waals surface area contributed by atoms with Crippen LogP contribution in [0.25, 0.3) is 0 Å². The van der Waals surface area contributed by atoms with Crippen LogP contribution in [0, 0.1) is 0 Å². The molecule has 194 valence electrons. The van der Waals surface area contributed by atoms with Crippen LogP contribution in [-0.2, 0) is 35.7 Å². The Kier molecular flexibility index (Phi) is 4.46. The average molecular weight is 511 g/mol. The van der Waals surface area contributed by atoms with E-state index < -0.39 is 0 Å². The molecule has 6 aliphatic rings. The zero-order valence-electron chi connectivity index (χ0n) is 21.3. The quantitative estimate of drug-likeness (QED) is 0.464. The van der Waals surface area contributed by atoms with E-state index in [0.717, 1.165) is 64.2 Å². The van der Waals surface area contributed by atoms with Gasteiger partial charge >= 0.3 is 0 Å². The van der Waals surface area contributed by atoms with Gasteiger partial charge in [0.25, 0.3) is 0 Å². The zero-order chi connectivity index (χ0) is 24.8. The van der Waals surface area contributed by atoms with Gasteiger partial charge in [-0.2, -0.15) is 0 Å². The lowest BCUT2D eigenvalue weighted by atomic mass is 9.93. The largest absolute Gasteiger partial charge is 0.490 e. The second-order valence-electron chi connectivity index (χ2n) is 11.2. The minimum atomic E-state index is 0.251. The molecule has 6 heterocycles. The molecule has 2 saturated heterocycles. The smallest absolute Gasteiger partial charge is 0.126 e. The predicted octanol–water partition coefficient (Wildman–Crippen LogP) is 3.84. The lowest BCUT2D eigenvalue weighted by molar-refractivity contribution is 0.260. The Morgan fingerprint density at radius 2 is 1.13 bits per heavy atom. The maximum absolute atomic E-state index is 6.23. The van der Waals surface area contributed by atoms with Gasteiger partial charge in [-0.3, -0.25) is 0 Å². The molecule has 0 amide bonds. The SMILES string of the molecule is c1cc(OCC2CO2)c2c(c1)N1Cc3c(ccc4c3N3Cc5c(OCC6CO6)cccc5N(C4)C3)N(C2)C1. The molecule has 3 aromatic carbocycles. The molecule has 8 heteroatoms. The summed E-state index contributed by atoms with van der Waals surface area (Å²) >= 11 is 0. The molecule has 0 radical (unpaired) electrons. The van der Waals surface area contributed by atoms with E-state index in [1.165, 1.54) is 45.0 Å². The van der Waals surface area contributed by atoms with Gasteiger partial charge in [0, 0.05) is 46.8 Å². The van der Waals surface area contributed by atoms with Crippen molar-refractivity contribution in [2.45, 2.75) is 38.4 Å². The lowest BCUT2D eigenvalue weighted by Gasteiger charge is -2.50. The summed E-state index contributed by atoms with van der Waals surface area (Å²) in [6.07, 6.45) is 0.504. The molecule has 3 aromatic rings. The fourth-order valence-corrected chi connectivity index (χ4v) is 6.65. The summed E-state index contributed by atoms with van der Waals surface area (Å²) in [5, 5.41) is 0. The van der Waals surface area contributed by atoms with E-state index in [4.69, 9.17) is 18.9 Å². The summed E-state index contributed by atoms with van der Waals surface area (Å²) in [5.41, 5.74) is 10.7. The molecule has 0 N–H and O–H groups in total. The van der Waals surface area contributed by atoms with E-state index in [-0.39, 0.29) is 12.2 Å². The highest BCUT2D eigenvalue weighted by atomic mass is 16.6. The van der Waals surface area contributed by atoms with E-state index in [1.54, 1.807) is 0 Å². The van der Waals surface area contributed by atoms with E-state index in [0.29, 0.717) is 13.2 Å². The molecule has 8 nitrogen and oxygen atoms in total. The Morgan fingerprint density at radius 1 is 0.605 bits per heavy atom. The highest BCUT2D eigenvalue weighted by Gasteiger charge is 2.38. The minimum absolute atomic E-state index is 0.251. The third-order valence-electron chi connectivity index (χ3n) is 8.64. The molecule has 0 aliphatic carbocycles. The van der Waals surface area contributed by atoms with Crippen molar-refractivity contribution in [1.82, 2.24) is 0 Å². The second-order valence-corrected chi connectivity index (χ2v) is 11.2. The average Bonchev–Trinajstić information content (AvgIpc) is 3.86. The van der Waals surface area contributed by atoms with Crippen LogP contribution in [0.5, 0.6) is 11.5 Å². The Morgan fingerprint density at radius 3 is 1.76 bits per heavy atom. The fraction of sp³-hybridized carbons (Fsp3) is 0.400. The summed E-state index contributed by atoms with van der Waals surface area (Å²) in [6.45, 7) is 8.23. The Bertz CT molecular complexity index is 1450. The molecule has 0 aromatic heterocycles. The van der Waals surface area contributed by atoms with E-state index >= 15 is 0 Å². The summed E-state index contributed by atoms with van der Waals surface area (Å²) < 4.78 is 23.2. The molecule has 9 rings (SSSR count). The molecule has 0 spiro atoms. The minimum Gasteiger partial charge on any atom is -0.490 e. The monoisotopic (exact) mass is 510 g/mol. The van der Waals surface area contributed by atoms with Crippen LogP contribution in [0.1, 0.15) is 22.3 Å².